The van der Waals surface area contributed by atoms with E-state index in [2.05, 4.69) is 21.2 Å². The van der Waals surface area contributed by atoms with Gasteiger partial charge in [-0.3, -0.25) is 4.79 Å². The zero-order valence-electron chi connectivity index (χ0n) is 11.2. The van der Waals surface area contributed by atoms with E-state index in [1.165, 1.54) is 25.7 Å². The van der Waals surface area contributed by atoms with Gasteiger partial charge >= 0.3 is 0 Å². The Kier molecular flexibility index (Phi) is 5.25. The first-order chi connectivity index (χ1) is 9.19. The number of ether oxygens (including phenoxy) is 1. The molecule has 1 aromatic rings. The van der Waals surface area contributed by atoms with Crippen LogP contribution in [0.15, 0.2) is 22.7 Å². The second kappa shape index (κ2) is 6.94. The molecule has 2 rings (SSSR count). The number of halogens is 1. The molecule has 19 heavy (non-hydrogen) atoms. The predicted octanol–water partition coefficient (Wildman–Crippen LogP) is 4.37. The van der Waals surface area contributed by atoms with Gasteiger partial charge in [0.25, 0.3) is 0 Å². The number of nitrogens with one attached hydrogen (secondary N) is 1. The summed E-state index contributed by atoms with van der Waals surface area (Å²) >= 11 is 3.44. The third kappa shape index (κ3) is 4.23. The van der Waals surface area contributed by atoms with Crippen molar-refractivity contribution in [2.45, 2.75) is 38.5 Å². The molecule has 0 radical (unpaired) electrons. The van der Waals surface area contributed by atoms with Gasteiger partial charge in [-0.15, -0.1) is 0 Å². The first-order valence-corrected chi connectivity index (χ1v) is 7.61. The summed E-state index contributed by atoms with van der Waals surface area (Å²) in [6, 6.07) is 5.57. The molecule has 1 amide bonds. The van der Waals surface area contributed by atoms with Gasteiger partial charge < -0.3 is 10.1 Å². The van der Waals surface area contributed by atoms with Gasteiger partial charge in [-0.05, 0) is 40.4 Å². The highest BCUT2D eigenvalue weighted by molar-refractivity contribution is 9.10. The molecule has 0 heterocycles. The minimum absolute atomic E-state index is 0.0841. The molecule has 0 spiro atoms. The fourth-order valence-electron chi connectivity index (χ4n) is 2.57. The molecular formula is C15H20BrNO2. The largest absolute Gasteiger partial charge is 0.497 e. The van der Waals surface area contributed by atoms with Crippen molar-refractivity contribution in [3.63, 3.8) is 0 Å². The lowest BCUT2D eigenvalue weighted by Crippen LogP contribution is -2.13. The van der Waals surface area contributed by atoms with Gasteiger partial charge in [-0.2, -0.15) is 0 Å². The van der Waals surface area contributed by atoms with Crippen LogP contribution < -0.4 is 10.1 Å². The van der Waals surface area contributed by atoms with Crippen molar-refractivity contribution in [2.24, 2.45) is 5.92 Å². The van der Waals surface area contributed by atoms with Crippen LogP contribution in [0.3, 0.4) is 0 Å². The predicted molar refractivity (Wildman–Crippen MR) is 80.5 cm³/mol. The van der Waals surface area contributed by atoms with Gasteiger partial charge in [-0.1, -0.05) is 25.7 Å². The number of methoxy groups -OCH3 is 1. The minimum Gasteiger partial charge on any atom is -0.497 e. The van der Waals surface area contributed by atoms with Gasteiger partial charge in [0.05, 0.1) is 12.8 Å². The van der Waals surface area contributed by atoms with E-state index in [0.717, 1.165) is 28.2 Å². The average molecular weight is 326 g/mol. The van der Waals surface area contributed by atoms with E-state index >= 15 is 0 Å². The molecule has 104 valence electrons. The maximum Gasteiger partial charge on any atom is 0.224 e. The molecule has 0 aromatic heterocycles. The molecule has 1 aromatic carbocycles. The second-order valence-electron chi connectivity index (χ2n) is 5.08. The fraction of sp³-hybridized carbons (Fsp3) is 0.533. The zero-order chi connectivity index (χ0) is 13.7. The molecule has 1 saturated carbocycles. The lowest BCUT2D eigenvalue weighted by atomic mass is 10.0. The monoisotopic (exact) mass is 325 g/mol. The molecule has 1 aliphatic rings. The smallest absolute Gasteiger partial charge is 0.224 e. The molecule has 1 fully saturated rings. The molecule has 0 atom stereocenters. The van der Waals surface area contributed by atoms with Gasteiger partial charge in [-0.25, -0.2) is 0 Å². The number of amides is 1. The van der Waals surface area contributed by atoms with Gasteiger partial charge in [0.2, 0.25) is 5.91 Å². The number of carbonyl (C=O) groups is 1. The molecule has 0 unspecified atom stereocenters. The highest BCUT2D eigenvalue weighted by atomic mass is 79.9. The maximum atomic E-state index is 11.9. The van der Waals surface area contributed by atoms with Crippen LogP contribution in [0.4, 0.5) is 5.69 Å². The summed E-state index contributed by atoms with van der Waals surface area (Å²) in [6.07, 6.45) is 6.84. The SMILES string of the molecule is COc1ccc(Br)c(NC(=O)CCC2CCCC2)c1. The van der Waals surface area contributed by atoms with Gasteiger partial charge in [0.15, 0.2) is 0 Å². The minimum atomic E-state index is 0.0841. The maximum absolute atomic E-state index is 11.9. The average Bonchev–Trinajstić information content (AvgIpc) is 2.92. The van der Waals surface area contributed by atoms with Crippen LogP contribution in [0.25, 0.3) is 0 Å². The topological polar surface area (TPSA) is 38.3 Å². The van der Waals surface area contributed by atoms with Crippen molar-refractivity contribution >= 4 is 27.5 Å². The second-order valence-corrected chi connectivity index (χ2v) is 5.94. The Labute approximate surface area is 122 Å². The van der Waals surface area contributed by atoms with Gasteiger partial charge in [0, 0.05) is 17.0 Å². The summed E-state index contributed by atoms with van der Waals surface area (Å²) < 4.78 is 6.04. The van der Waals surface area contributed by atoms with E-state index in [9.17, 15) is 4.79 Å². The lowest BCUT2D eigenvalue weighted by molar-refractivity contribution is -0.116. The molecule has 0 saturated heterocycles. The number of hydrogen-bond acceptors (Lipinski definition) is 2. The number of carbonyl (C=O) groups excluding carboxylic acids is 1. The Balaban J connectivity index is 1.87. The molecule has 0 aliphatic heterocycles. The summed E-state index contributed by atoms with van der Waals surface area (Å²) in [6.45, 7) is 0. The molecular weight excluding hydrogens is 306 g/mol. The lowest BCUT2D eigenvalue weighted by Gasteiger charge is -2.11. The van der Waals surface area contributed by atoms with E-state index in [0.29, 0.717) is 6.42 Å². The Morgan fingerprint density at radius 3 is 2.84 bits per heavy atom. The van der Waals surface area contributed by atoms with Gasteiger partial charge in [0.1, 0.15) is 5.75 Å². The van der Waals surface area contributed by atoms with E-state index in [1.807, 2.05) is 18.2 Å². The van der Waals surface area contributed by atoms with Crippen LogP contribution >= 0.6 is 15.9 Å². The normalized spacial score (nSPS) is 15.5. The van der Waals surface area contributed by atoms with Crippen molar-refractivity contribution in [3.8, 4) is 5.75 Å². The van der Waals surface area contributed by atoms with E-state index in [-0.39, 0.29) is 5.91 Å². The van der Waals surface area contributed by atoms with Crippen LogP contribution in [0, 0.1) is 5.92 Å². The highest BCUT2D eigenvalue weighted by Gasteiger charge is 2.16. The summed E-state index contributed by atoms with van der Waals surface area (Å²) in [5.74, 6) is 1.58. The van der Waals surface area contributed by atoms with Crippen LogP contribution in [0.1, 0.15) is 38.5 Å². The van der Waals surface area contributed by atoms with Crippen LogP contribution in [0.2, 0.25) is 0 Å². The standard InChI is InChI=1S/C15H20BrNO2/c1-19-12-7-8-13(16)14(10-12)17-15(18)9-6-11-4-2-3-5-11/h7-8,10-11H,2-6,9H2,1H3,(H,17,18). The first-order valence-electron chi connectivity index (χ1n) is 6.82. The van der Waals surface area contributed by atoms with Crippen LogP contribution in [-0.4, -0.2) is 13.0 Å². The summed E-state index contributed by atoms with van der Waals surface area (Å²) in [4.78, 5) is 11.9. The molecule has 1 N–H and O–H groups in total. The Morgan fingerprint density at radius 1 is 1.42 bits per heavy atom. The van der Waals surface area contributed by atoms with Crippen molar-refractivity contribution in [3.05, 3.63) is 22.7 Å². The molecule has 0 bridgehead atoms. The van der Waals surface area contributed by atoms with Crippen molar-refractivity contribution in [1.29, 1.82) is 0 Å². The van der Waals surface area contributed by atoms with E-state index in [4.69, 9.17) is 4.74 Å². The summed E-state index contributed by atoms with van der Waals surface area (Å²) in [5.41, 5.74) is 0.774. The summed E-state index contributed by atoms with van der Waals surface area (Å²) in [7, 11) is 1.62. The number of anilines is 1. The van der Waals surface area contributed by atoms with Crippen molar-refractivity contribution in [1.82, 2.24) is 0 Å². The van der Waals surface area contributed by atoms with E-state index < -0.39 is 0 Å². The number of hydrogen-bond donors (Lipinski definition) is 1. The zero-order valence-corrected chi connectivity index (χ0v) is 12.8. The van der Waals surface area contributed by atoms with Crippen molar-refractivity contribution < 1.29 is 9.53 Å². The van der Waals surface area contributed by atoms with Crippen LogP contribution in [0.5, 0.6) is 5.75 Å². The fourth-order valence-corrected chi connectivity index (χ4v) is 2.92. The third-order valence-electron chi connectivity index (χ3n) is 3.70. The quantitative estimate of drug-likeness (QED) is 0.873. The first kappa shape index (κ1) is 14.4. The van der Waals surface area contributed by atoms with Crippen LogP contribution in [-0.2, 0) is 4.79 Å². The Bertz CT molecular complexity index is 442. The number of benzene rings is 1. The molecule has 3 nitrogen and oxygen atoms in total. The molecule has 1 aliphatic carbocycles. The third-order valence-corrected chi connectivity index (χ3v) is 4.39. The van der Waals surface area contributed by atoms with E-state index in [1.54, 1.807) is 7.11 Å². The van der Waals surface area contributed by atoms with Crippen molar-refractivity contribution in [2.75, 3.05) is 12.4 Å². The molecule has 4 heteroatoms. The summed E-state index contributed by atoms with van der Waals surface area (Å²) in [5, 5.41) is 2.94. The number of rotatable bonds is 5. The Hall–Kier alpha value is -1.03. The highest BCUT2D eigenvalue weighted by Crippen LogP contribution is 2.30. The Morgan fingerprint density at radius 2 is 2.16 bits per heavy atom.